The Balaban J connectivity index is 0.000000777. The molecule has 3 heterocycles. The molecule has 1 unspecified atom stereocenters. The summed E-state index contributed by atoms with van der Waals surface area (Å²) in [4.78, 5) is 17.3. The summed E-state index contributed by atoms with van der Waals surface area (Å²) in [6, 6.07) is 17.1. The Labute approximate surface area is 258 Å². The average Bonchev–Trinajstić information content (AvgIpc) is 3.69. The van der Waals surface area contributed by atoms with Crippen molar-refractivity contribution in [3.63, 3.8) is 0 Å². The number of likely N-dealkylation sites (N-methyl/N-ethyl adjacent to an activating group) is 1. The topological polar surface area (TPSA) is 81.2 Å². The van der Waals surface area contributed by atoms with Crippen LogP contribution in [0.15, 0.2) is 53.4 Å². The lowest BCUT2D eigenvalue weighted by Gasteiger charge is -2.54. The molecule has 5 aliphatic rings. The Kier molecular flexibility index (Phi) is 8.91. The third-order valence-corrected chi connectivity index (χ3v) is 13.1. The molecule has 234 valence electrons. The van der Waals surface area contributed by atoms with Crippen LogP contribution in [0.25, 0.3) is 0 Å². The van der Waals surface area contributed by atoms with Crippen molar-refractivity contribution >= 4 is 21.5 Å². The number of carboxylic acid groups (broad SMARTS) is 1. The smallest absolute Gasteiger partial charge is 0.300 e. The van der Waals surface area contributed by atoms with Crippen LogP contribution in [0, 0.1) is 17.8 Å². The van der Waals surface area contributed by atoms with Gasteiger partial charge >= 0.3 is 0 Å². The number of rotatable bonds is 7. The highest BCUT2D eigenvalue weighted by atomic mass is 32.2. The van der Waals surface area contributed by atoms with Crippen molar-refractivity contribution in [2.24, 2.45) is 17.8 Å². The minimum absolute atomic E-state index is 0.136. The lowest BCUT2D eigenvalue weighted by atomic mass is 9.57. The van der Waals surface area contributed by atoms with E-state index in [0.717, 1.165) is 51.2 Å². The highest BCUT2D eigenvalue weighted by molar-refractivity contribution is 7.92. The van der Waals surface area contributed by atoms with E-state index >= 15 is 0 Å². The monoisotopic (exact) mass is 607 g/mol. The van der Waals surface area contributed by atoms with Crippen LogP contribution in [0.1, 0.15) is 69.4 Å². The number of sulfone groups is 1. The maximum atomic E-state index is 12.5. The molecule has 1 atom stereocenters. The second-order valence-corrected chi connectivity index (χ2v) is 16.2. The molecule has 8 heteroatoms. The molecule has 43 heavy (non-hydrogen) atoms. The average molecular weight is 608 g/mol. The first-order valence-electron chi connectivity index (χ1n) is 16.4. The van der Waals surface area contributed by atoms with Gasteiger partial charge < -0.3 is 19.8 Å². The van der Waals surface area contributed by atoms with Gasteiger partial charge in [0.2, 0.25) is 0 Å². The van der Waals surface area contributed by atoms with E-state index < -0.39 is 15.8 Å². The first kappa shape index (κ1) is 30.6. The number of likely N-dealkylation sites (tertiary alicyclic amines) is 1. The molecule has 7 nitrogen and oxygen atoms in total. The fourth-order valence-corrected chi connectivity index (χ4v) is 10.4. The third-order valence-electron chi connectivity index (χ3n) is 10.9. The fourth-order valence-electron chi connectivity index (χ4n) is 8.77. The predicted octanol–water partition coefficient (Wildman–Crippen LogP) is 5.44. The number of hydrogen-bond donors (Lipinski definition) is 1. The molecule has 0 amide bonds. The Hall–Kier alpha value is -2.42. The number of carbonyl (C=O) groups is 1. The van der Waals surface area contributed by atoms with Gasteiger partial charge in [-0.1, -0.05) is 37.1 Å². The van der Waals surface area contributed by atoms with Crippen molar-refractivity contribution in [2.45, 2.75) is 80.4 Å². The molecular formula is C35H49N3O4S. The van der Waals surface area contributed by atoms with E-state index in [4.69, 9.17) is 9.90 Å². The van der Waals surface area contributed by atoms with Crippen molar-refractivity contribution in [2.75, 3.05) is 51.2 Å². The molecule has 3 aliphatic heterocycles. The highest BCUT2D eigenvalue weighted by Gasteiger charge is 2.51. The summed E-state index contributed by atoms with van der Waals surface area (Å²) in [5.74, 6) is 1.50. The van der Waals surface area contributed by atoms with Crippen LogP contribution in [0.3, 0.4) is 0 Å². The van der Waals surface area contributed by atoms with E-state index in [0.29, 0.717) is 16.2 Å². The van der Waals surface area contributed by atoms with Crippen molar-refractivity contribution in [1.29, 1.82) is 0 Å². The van der Waals surface area contributed by atoms with Crippen LogP contribution < -0.4 is 4.90 Å². The molecule has 2 aliphatic carbocycles. The fraction of sp³-hybridized carbons (Fsp3) is 0.629. The van der Waals surface area contributed by atoms with Gasteiger partial charge in [0.1, 0.15) is 0 Å². The molecular weight excluding hydrogens is 558 g/mol. The molecule has 0 spiro atoms. The number of carboxylic acids is 1. The Morgan fingerprint density at radius 3 is 2.14 bits per heavy atom. The first-order valence-corrected chi connectivity index (χ1v) is 18.0. The van der Waals surface area contributed by atoms with Gasteiger partial charge in [-0.05, 0) is 106 Å². The third kappa shape index (κ3) is 6.38. The maximum Gasteiger partial charge on any atom is 0.300 e. The maximum absolute atomic E-state index is 12.5. The van der Waals surface area contributed by atoms with Gasteiger partial charge in [0.05, 0.1) is 10.1 Å². The lowest BCUT2D eigenvalue weighted by molar-refractivity contribution is -0.134. The van der Waals surface area contributed by atoms with Gasteiger partial charge in [-0.3, -0.25) is 4.79 Å². The number of aliphatic carboxylic acids is 1. The second-order valence-electron chi connectivity index (χ2n) is 14.0. The van der Waals surface area contributed by atoms with Gasteiger partial charge in [0.25, 0.3) is 5.97 Å². The molecule has 4 fully saturated rings. The van der Waals surface area contributed by atoms with Gasteiger partial charge in [-0.15, -0.1) is 0 Å². The summed E-state index contributed by atoms with van der Waals surface area (Å²) in [6.45, 7) is 9.24. The van der Waals surface area contributed by atoms with Crippen LogP contribution in [-0.2, 0) is 26.6 Å². The van der Waals surface area contributed by atoms with E-state index in [1.165, 1.54) is 70.4 Å². The zero-order valence-corrected chi connectivity index (χ0v) is 26.8. The summed E-state index contributed by atoms with van der Waals surface area (Å²) in [5.41, 5.74) is 4.77. The largest absolute Gasteiger partial charge is 0.481 e. The van der Waals surface area contributed by atoms with Gasteiger partial charge in [-0.25, -0.2) is 8.42 Å². The van der Waals surface area contributed by atoms with Crippen molar-refractivity contribution < 1.29 is 18.3 Å². The number of benzene rings is 2. The summed E-state index contributed by atoms with van der Waals surface area (Å²) >= 11 is 0. The summed E-state index contributed by atoms with van der Waals surface area (Å²) in [7, 11) is -0.753. The molecule has 0 bridgehead atoms. The van der Waals surface area contributed by atoms with Crippen LogP contribution >= 0.6 is 0 Å². The molecule has 0 aromatic heterocycles. The van der Waals surface area contributed by atoms with Crippen LogP contribution in [-0.4, -0.2) is 80.9 Å². The number of fused-ring (bicyclic) bond motifs is 1. The van der Waals surface area contributed by atoms with E-state index in [2.05, 4.69) is 46.0 Å². The molecule has 2 saturated carbocycles. The Bertz CT molecular complexity index is 1370. The summed E-state index contributed by atoms with van der Waals surface area (Å²) in [5, 5.41) is 7.28. The Morgan fingerprint density at radius 2 is 1.51 bits per heavy atom. The number of nitrogens with zero attached hydrogens (tertiary/aromatic N) is 3. The zero-order chi connectivity index (χ0) is 30.2. The van der Waals surface area contributed by atoms with E-state index in [-0.39, 0.29) is 5.25 Å². The molecule has 2 aromatic carbocycles. The minimum Gasteiger partial charge on any atom is -0.481 e. The minimum atomic E-state index is -3.10. The molecule has 2 aromatic rings. The summed E-state index contributed by atoms with van der Waals surface area (Å²) < 4.78 is 25.0. The standard InChI is InChI=1S/C33H45N3O2S.C2H4O2/c1-34-23-26-6-2-5-9-32(26)33(24-34,27-7-3-4-8-27)28-16-18-35(19-17-28)20-25-21-36(22-25)29-10-12-30(13-11-29)39(37,38)31-14-15-31;1-2(3)4/h2,5-6,9-13,25,27-28,31H,3-4,7-8,14-24H2,1H3;1H3,(H,3,4). The van der Waals surface area contributed by atoms with Crippen LogP contribution in [0.4, 0.5) is 5.69 Å². The number of piperidine rings is 1. The first-order chi connectivity index (χ1) is 20.7. The van der Waals surface area contributed by atoms with Crippen LogP contribution in [0.2, 0.25) is 0 Å². The van der Waals surface area contributed by atoms with Crippen molar-refractivity contribution in [3.05, 3.63) is 59.7 Å². The predicted molar refractivity (Wildman–Crippen MR) is 171 cm³/mol. The van der Waals surface area contributed by atoms with Crippen LogP contribution in [0.5, 0.6) is 0 Å². The molecule has 7 rings (SSSR count). The van der Waals surface area contributed by atoms with Crippen molar-refractivity contribution in [1.82, 2.24) is 9.80 Å². The van der Waals surface area contributed by atoms with Gasteiger partial charge in [-0.2, -0.15) is 0 Å². The number of hydrogen-bond acceptors (Lipinski definition) is 6. The lowest BCUT2D eigenvalue weighted by Crippen LogP contribution is -2.56. The second kappa shape index (κ2) is 12.5. The molecule has 2 saturated heterocycles. The SMILES string of the molecule is CC(=O)O.CN1Cc2ccccc2C(C2CCCC2)(C2CCN(CC3CN(c4ccc(S(=O)(=O)C5CC5)cc4)C3)CC2)C1. The molecule has 0 radical (unpaired) electrons. The zero-order valence-electron chi connectivity index (χ0n) is 26.0. The van der Waals surface area contributed by atoms with E-state index in [1.807, 2.05) is 24.3 Å². The quantitative estimate of drug-likeness (QED) is 0.449. The van der Waals surface area contributed by atoms with E-state index in [9.17, 15) is 8.42 Å². The van der Waals surface area contributed by atoms with Crippen molar-refractivity contribution in [3.8, 4) is 0 Å². The molecule has 1 N–H and O–H groups in total. The van der Waals surface area contributed by atoms with Gasteiger partial charge in [0, 0.05) is 56.7 Å². The normalized spacial score (nSPS) is 26.0. The number of anilines is 1. The van der Waals surface area contributed by atoms with Gasteiger partial charge in [0.15, 0.2) is 9.84 Å². The Morgan fingerprint density at radius 1 is 0.907 bits per heavy atom. The highest BCUT2D eigenvalue weighted by Crippen LogP contribution is 2.53. The summed E-state index contributed by atoms with van der Waals surface area (Å²) in [6.07, 6.45) is 9.94. The van der Waals surface area contributed by atoms with E-state index in [1.54, 1.807) is 11.1 Å².